The molecule has 1 aliphatic rings. The molecule has 0 aliphatic carbocycles. The lowest BCUT2D eigenvalue weighted by molar-refractivity contribution is -0.191. The number of fused-ring (bicyclic) bond motifs is 1. The third-order valence-corrected chi connectivity index (χ3v) is 3.28. The van der Waals surface area contributed by atoms with E-state index in [4.69, 9.17) is 24.2 Å². The Morgan fingerprint density at radius 2 is 1.69 bits per heavy atom. The summed E-state index contributed by atoms with van der Waals surface area (Å²) in [7, 11) is 0. The smallest absolute Gasteiger partial charge is 0.304 e. The molecule has 0 N–H and O–H groups in total. The summed E-state index contributed by atoms with van der Waals surface area (Å²) in [6.07, 6.45) is -3.89. The van der Waals surface area contributed by atoms with E-state index in [2.05, 4.69) is 4.98 Å². The van der Waals surface area contributed by atoms with E-state index in [9.17, 15) is 19.6 Å². The van der Waals surface area contributed by atoms with Crippen LogP contribution in [0, 0.1) is 22.7 Å². The highest BCUT2D eigenvalue weighted by Gasteiger charge is 2.44. The minimum absolute atomic E-state index is 0.212. The maximum Gasteiger partial charge on any atom is 0.304 e. The molecule has 1 aliphatic heterocycles. The van der Waals surface area contributed by atoms with Crippen LogP contribution in [0.5, 0.6) is 6.01 Å². The lowest BCUT2D eigenvalue weighted by Gasteiger charge is -2.29. The number of hydrogen-bond donors (Lipinski definition) is 0. The second-order valence-corrected chi connectivity index (χ2v) is 5.22. The first-order valence-electron chi connectivity index (χ1n) is 7.35. The van der Waals surface area contributed by atoms with E-state index in [1.807, 2.05) is 0 Å². The molecule has 0 fully saturated rings. The predicted octanol–water partition coefficient (Wildman–Crippen LogP) is -0.0560. The van der Waals surface area contributed by atoms with Gasteiger partial charge in [-0.05, 0) is 0 Å². The molecule has 0 radical (unpaired) electrons. The van der Waals surface area contributed by atoms with E-state index < -0.39 is 36.3 Å². The van der Waals surface area contributed by atoms with Crippen molar-refractivity contribution in [3.63, 3.8) is 0 Å². The monoisotopic (exact) mass is 362 g/mol. The van der Waals surface area contributed by atoms with Crippen molar-refractivity contribution in [3.05, 3.63) is 11.4 Å². The van der Waals surface area contributed by atoms with Gasteiger partial charge in [0.05, 0.1) is 0 Å². The van der Waals surface area contributed by atoms with Gasteiger partial charge in [0.15, 0.2) is 23.6 Å². The zero-order valence-corrected chi connectivity index (χ0v) is 14.1. The van der Waals surface area contributed by atoms with Gasteiger partial charge in [-0.3, -0.25) is 14.4 Å². The standard InChI is InChI=1S/C15H14N4O7/c1-7(20)24-12-6-23-15-18-10(4-16)11(5-17)19(15)14(26-9(3)22)13(12)25-8(2)21/h12-14H,6H2,1-3H3/t12-,13-,14-/m1/s1. The molecule has 0 spiro atoms. The van der Waals surface area contributed by atoms with Crippen LogP contribution >= 0.6 is 0 Å². The molecule has 0 unspecified atom stereocenters. The summed E-state index contributed by atoms with van der Waals surface area (Å²) in [5.41, 5.74) is -0.512. The molecule has 0 aromatic carbocycles. The maximum absolute atomic E-state index is 11.6. The Morgan fingerprint density at radius 1 is 1.08 bits per heavy atom. The third kappa shape index (κ3) is 3.72. The molecule has 136 valence electrons. The predicted molar refractivity (Wildman–Crippen MR) is 79.1 cm³/mol. The van der Waals surface area contributed by atoms with Gasteiger partial charge in [0.25, 0.3) is 0 Å². The molecule has 0 bridgehead atoms. The van der Waals surface area contributed by atoms with Gasteiger partial charge < -0.3 is 18.9 Å². The Hall–Kier alpha value is -3.60. The molecule has 2 heterocycles. The number of aromatic nitrogens is 2. The van der Waals surface area contributed by atoms with Crippen molar-refractivity contribution >= 4 is 17.9 Å². The highest BCUT2D eigenvalue weighted by atomic mass is 16.6. The summed E-state index contributed by atoms with van der Waals surface area (Å²) < 4.78 is 21.9. The van der Waals surface area contributed by atoms with Crippen LogP contribution < -0.4 is 4.74 Å². The zero-order chi connectivity index (χ0) is 19.4. The van der Waals surface area contributed by atoms with E-state index in [-0.39, 0.29) is 24.0 Å². The van der Waals surface area contributed by atoms with E-state index in [1.165, 1.54) is 0 Å². The number of carbonyl (C=O) groups is 3. The fraction of sp³-hybridized carbons (Fsp3) is 0.467. The van der Waals surface area contributed by atoms with Gasteiger partial charge in [-0.15, -0.1) is 0 Å². The molecule has 1 aromatic rings. The number of carbonyl (C=O) groups excluding carboxylic acids is 3. The van der Waals surface area contributed by atoms with Crippen molar-refractivity contribution in [1.29, 1.82) is 10.5 Å². The summed E-state index contributed by atoms with van der Waals surface area (Å²) in [4.78, 5) is 38.4. The first-order chi connectivity index (χ1) is 12.3. The molecule has 3 atom stereocenters. The molecule has 0 amide bonds. The van der Waals surface area contributed by atoms with Crippen LogP contribution in [0.15, 0.2) is 0 Å². The normalized spacial score (nSPS) is 21.0. The summed E-state index contributed by atoms with van der Waals surface area (Å²) in [6, 6.07) is 3.29. The topological polar surface area (TPSA) is 154 Å². The first-order valence-corrected chi connectivity index (χ1v) is 7.35. The molecule has 2 rings (SSSR count). The minimum Gasteiger partial charge on any atom is -0.460 e. The fourth-order valence-electron chi connectivity index (χ4n) is 2.45. The van der Waals surface area contributed by atoms with Crippen LogP contribution in [0.1, 0.15) is 38.4 Å². The summed E-state index contributed by atoms with van der Waals surface area (Å²) in [5.74, 6) is -2.19. The quantitative estimate of drug-likeness (QED) is 0.527. The number of nitriles is 2. The van der Waals surface area contributed by atoms with Crippen molar-refractivity contribution < 1.29 is 33.3 Å². The molecule has 0 saturated heterocycles. The molecule has 11 heteroatoms. The molecular weight excluding hydrogens is 348 g/mol. The van der Waals surface area contributed by atoms with Crippen molar-refractivity contribution in [2.45, 2.75) is 39.2 Å². The number of nitrogens with zero attached hydrogens (tertiary/aromatic N) is 4. The maximum atomic E-state index is 11.6. The van der Waals surface area contributed by atoms with E-state index in [0.717, 1.165) is 25.3 Å². The number of esters is 3. The summed E-state index contributed by atoms with van der Waals surface area (Å²) in [5, 5.41) is 18.5. The van der Waals surface area contributed by atoms with Crippen molar-refractivity contribution in [3.8, 4) is 18.1 Å². The van der Waals surface area contributed by atoms with Crippen molar-refractivity contribution in [2.24, 2.45) is 0 Å². The molecule has 11 nitrogen and oxygen atoms in total. The highest BCUT2D eigenvalue weighted by Crippen LogP contribution is 2.33. The lowest BCUT2D eigenvalue weighted by Crippen LogP contribution is -2.43. The number of ether oxygens (including phenoxy) is 4. The van der Waals surface area contributed by atoms with Crippen LogP contribution in [0.25, 0.3) is 0 Å². The number of rotatable bonds is 3. The van der Waals surface area contributed by atoms with Crippen LogP contribution in [0.4, 0.5) is 0 Å². The Balaban J connectivity index is 2.64. The van der Waals surface area contributed by atoms with Crippen LogP contribution in [-0.4, -0.2) is 46.3 Å². The second-order valence-electron chi connectivity index (χ2n) is 5.22. The van der Waals surface area contributed by atoms with Crippen molar-refractivity contribution in [1.82, 2.24) is 9.55 Å². The van der Waals surface area contributed by atoms with Gasteiger partial charge in [-0.2, -0.15) is 15.5 Å². The van der Waals surface area contributed by atoms with E-state index in [1.54, 1.807) is 12.1 Å². The fourth-order valence-corrected chi connectivity index (χ4v) is 2.45. The van der Waals surface area contributed by atoms with Gasteiger partial charge in [-0.25, -0.2) is 4.57 Å². The van der Waals surface area contributed by atoms with Gasteiger partial charge >= 0.3 is 23.9 Å². The van der Waals surface area contributed by atoms with Gasteiger partial charge in [-0.1, -0.05) is 0 Å². The van der Waals surface area contributed by atoms with Gasteiger partial charge in [0, 0.05) is 20.8 Å². The third-order valence-electron chi connectivity index (χ3n) is 3.28. The zero-order valence-electron chi connectivity index (χ0n) is 14.1. The second kappa shape index (κ2) is 7.53. The Morgan fingerprint density at radius 3 is 2.19 bits per heavy atom. The number of hydrogen-bond acceptors (Lipinski definition) is 10. The first kappa shape index (κ1) is 18.7. The summed E-state index contributed by atoms with van der Waals surface area (Å²) in [6.45, 7) is 3.05. The Kier molecular flexibility index (Phi) is 5.42. The van der Waals surface area contributed by atoms with E-state index in [0.29, 0.717) is 0 Å². The average molecular weight is 362 g/mol. The van der Waals surface area contributed by atoms with E-state index >= 15 is 0 Å². The molecule has 1 aromatic heterocycles. The Bertz CT molecular complexity index is 832. The van der Waals surface area contributed by atoms with Crippen LogP contribution in [0.3, 0.4) is 0 Å². The van der Waals surface area contributed by atoms with Gasteiger partial charge in [0.1, 0.15) is 18.7 Å². The largest absolute Gasteiger partial charge is 0.460 e. The Labute approximate surface area is 147 Å². The molecule has 26 heavy (non-hydrogen) atoms. The molecular formula is C15H14N4O7. The lowest BCUT2D eigenvalue weighted by atomic mass is 10.1. The highest BCUT2D eigenvalue weighted by molar-refractivity contribution is 5.68. The van der Waals surface area contributed by atoms with Crippen LogP contribution in [-0.2, 0) is 28.6 Å². The minimum atomic E-state index is -1.43. The SMILES string of the molecule is CC(=O)O[C@H]1[C@@H](OC(C)=O)n2c(nc(C#N)c2C#N)OC[C@H]1OC(C)=O. The molecule has 0 saturated carbocycles. The van der Waals surface area contributed by atoms with Crippen molar-refractivity contribution in [2.75, 3.05) is 6.61 Å². The number of imidazole rings is 1. The summed E-state index contributed by atoms with van der Waals surface area (Å²) >= 11 is 0. The van der Waals surface area contributed by atoms with Gasteiger partial charge in [0.2, 0.25) is 6.23 Å². The van der Waals surface area contributed by atoms with Crippen LogP contribution in [0.2, 0.25) is 0 Å². The average Bonchev–Trinajstić information content (AvgIpc) is 2.85.